The molecule has 0 aliphatic heterocycles. The van der Waals surface area contributed by atoms with Crippen molar-refractivity contribution in [2.45, 2.75) is 53.4 Å². The fraction of sp³-hybridized carbons (Fsp3) is 0.500. The molecule has 166 valence electrons. The second-order valence-electron chi connectivity index (χ2n) is 8.69. The van der Waals surface area contributed by atoms with Gasteiger partial charge in [0.05, 0.1) is 11.1 Å². The third-order valence-electron chi connectivity index (χ3n) is 6.40. The van der Waals surface area contributed by atoms with Gasteiger partial charge in [0.25, 0.3) is 5.91 Å². The summed E-state index contributed by atoms with van der Waals surface area (Å²) in [5.74, 6) is -0.798. The van der Waals surface area contributed by atoms with Gasteiger partial charge in [0.1, 0.15) is 0 Å². The number of amides is 3. The minimum Gasteiger partial charge on any atom is -0.452 e. The van der Waals surface area contributed by atoms with Crippen molar-refractivity contribution in [1.82, 2.24) is 15.6 Å². The van der Waals surface area contributed by atoms with Crippen molar-refractivity contribution in [2.24, 2.45) is 11.3 Å². The van der Waals surface area contributed by atoms with Gasteiger partial charge in [0.2, 0.25) is 0 Å². The molecule has 7 nitrogen and oxygen atoms in total. The van der Waals surface area contributed by atoms with Crippen LogP contribution in [0.2, 0.25) is 0 Å². The highest BCUT2D eigenvalue weighted by molar-refractivity contribution is 6.06. The van der Waals surface area contributed by atoms with Gasteiger partial charge in [-0.05, 0) is 49.1 Å². The summed E-state index contributed by atoms with van der Waals surface area (Å²) in [6, 6.07) is 6.90. The Morgan fingerprint density at radius 2 is 1.94 bits per heavy atom. The Hall–Kier alpha value is -2.96. The van der Waals surface area contributed by atoms with Crippen molar-refractivity contribution in [3.8, 4) is 0 Å². The number of aromatic nitrogens is 1. The smallest absolute Gasteiger partial charge is 0.339 e. The number of carbonyl (C=O) groups excluding carboxylic acids is 3. The van der Waals surface area contributed by atoms with E-state index in [4.69, 9.17) is 9.72 Å². The first-order valence-corrected chi connectivity index (χ1v) is 10.9. The first-order chi connectivity index (χ1) is 14.8. The Labute approximate surface area is 182 Å². The molecule has 1 heterocycles. The van der Waals surface area contributed by atoms with Gasteiger partial charge in [0, 0.05) is 17.6 Å². The summed E-state index contributed by atoms with van der Waals surface area (Å²) < 4.78 is 5.33. The lowest BCUT2D eigenvalue weighted by Crippen LogP contribution is -2.41. The number of nitrogens with zero attached hydrogens (tertiary/aromatic N) is 1. The molecule has 0 bridgehead atoms. The van der Waals surface area contributed by atoms with Crippen molar-refractivity contribution in [1.29, 1.82) is 0 Å². The maximum absolute atomic E-state index is 13.1. The summed E-state index contributed by atoms with van der Waals surface area (Å²) in [6.07, 6.45) is 3.65. The van der Waals surface area contributed by atoms with E-state index >= 15 is 0 Å². The lowest BCUT2D eigenvalue weighted by molar-refractivity contribution is -0.123. The Kier molecular flexibility index (Phi) is 6.93. The number of rotatable bonds is 6. The van der Waals surface area contributed by atoms with Crippen LogP contribution in [0.15, 0.2) is 24.3 Å². The predicted molar refractivity (Wildman–Crippen MR) is 119 cm³/mol. The SMILES string of the molecule is CCNC(=O)NC(=O)COC(=O)c1c2c(nc3ccccc13)CC[C@H](C(C)(C)CC)C2. The largest absolute Gasteiger partial charge is 0.452 e. The Bertz CT molecular complexity index is 1000. The van der Waals surface area contributed by atoms with Gasteiger partial charge in [-0.25, -0.2) is 9.59 Å². The highest BCUT2D eigenvalue weighted by atomic mass is 16.5. The van der Waals surface area contributed by atoms with Crippen molar-refractivity contribution in [2.75, 3.05) is 13.2 Å². The number of carbonyl (C=O) groups is 3. The molecule has 0 radical (unpaired) electrons. The average molecular weight is 426 g/mol. The van der Waals surface area contributed by atoms with Crippen LogP contribution in [0.25, 0.3) is 10.9 Å². The molecule has 1 aliphatic carbocycles. The zero-order chi connectivity index (χ0) is 22.6. The maximum atomic E-state index is 13.1. The number of urea groups is 1. The maximum Gasteiger partial charge on any atom is 0.339 e. The first kappa shape index (κ1) is 22.7. The summed E-state index contributed by atoms with van der Waals surface area (Å²) >= 11 is 0. The number of ether oxygens (including phenoxy) is 1. The van der Waals surface area contributed by atoms with Crippen molar-refractivity contribution >= 4 is 28.8 Å². The van der Waals surface area contributed by atoms with Crippen LogP contribution in [-0.4, -0.2) is 36.0 Å². The topological polar surface area (TPSA) is 97.4 Å². The van der Waals surface area contributed by atoms with E-state index in [1.807, 2.05) is 24.3 Å². The fourth-order valence-electron chi connectivity index (χ4n) is 4.15. The summed E-state index contributed by atoms with van der Waals surface area (Å²) in [4.78, 5) is 41.4. The monoisotopic (exact) mass is 425 g/mol. The molecule has 0 fully saturated rings. The molecule has 0 saturated carbocycles. The van der Waals surface area contributed by atoms with Gasteiger partial charge < -0.3 is 10.1 Å². The summed E-state index contributed by atoms with van der Waals surface area (Å²) in [6.45, 7) is 8.34. The second kappa shape index (κ2) is 9.45. The van der Waals surface area contributed by atoms with Gasteiger partial charge in [0.15, 0.2) is 6.61 Å². The van der Waals surface area contributed by atoms with Gasteiger partial charge in [-0.3, -0.25) is 15.1 Å². The lowest BCUT2D eigenvalue weighted by atomic mass is 9.68. The highest BCUT2D eigenvalue weighted by Gasteiger charge is 2.34. The van der Waals surface area contributed by atoms with Gasteiger partial charge in [-0.15, -0.1) is 0 Å². The zero-order valence-corrected chi connectivity index (χ0v) is 18.7. The molecule has 31 heavy (non-hydrogen) atoms. The van der Waals surface area contributed by atoms with Crippen LogP contribution in [-0.2, 0) is 22.4 Å². The number of para-hydroxylation sites is 1. The number of aryl methyl sites for hydroxylation is 1. The Balaban J connectivity index is 1.90. The summed E-state index contributed by atoms with van der Waals surface area (Å²) in [5.41, 5.74) is 3.24. The molecule has 2 N–H and O–H groups in total. The van der Waals surface area contributed by atoms with E-state index in [1.54, 1.807) is 6.92 Å². The van der Waals surface area contributed by atoms with Crippen LogP contribution in [0.1, 0.15) is 62.2 Å². The summed E-state index contributed by atoms with van der Waals surface area (Å²) in [5, 5.41) is 5.34. The van der Waals surface area contributed by atoms with E-state index in [0.29, 0.717) is 18.0 Å². The van der Waals surface area contributed by atoms with E-state index in [2.05, 4.69) is 31.4 Å². The normalized spacial score (nSPS) is 15.8. The molecule has 2 aromatic rings. The summed E-state index contributed by atoms with van der Waals surface area (Å²) in [7, 11) is 0. The van der Waals surface area contributed by atoms with Crippen molar-refractivity contribution < 1.29 is 19.1 Å². The Morgan fingerprint density at radius 3 is 2.65 bits per heavy atom. The van der Waals surface area contributed by atoms with E-state index in [1.165, 1.54) is 0 Å². The van der Waals surface area contributed by atoms with E-state index in [-0.39, 0.29) is 5.41 Å². The minimum absolute atomic E-state index is 0.150. The van der Waals surface area contributed by atoms with Crippen LogP contribution >= 0.6 is 0 Å². The molecule has 1 aliphatic rings. The predicted octanol–water partition coefficient (Wildman–Crippen LogP) is 3.78. The van der Waals surface area contributed by atoms with E-state index in [9.17, 15) is 14.4 Å². The minimum atomic E-state index is -0.670. The number of imide groups is 1. The molecular formula is C24H31N3O4. The molecule has 7 heteroatoms. The molecule has 1 aromatic heterocycles. The number of hydrogen-bond donors (Lipinski definition) is 2. The third kappa shape index (κ3) is 5.03. The van der Waals surface area contributed by atoms with Gasteiger partial charge >= 0.3 is 12.0 Å². The standard InChI is InChI=1S/C24H31N3O4/c1-5-24(3,4)15-11-12-19-17(13-15)21(16-9-7-8-10-18(16)26-19)22(29)31-14-20(28)27-23(30)25-6-2/h7-10,15H,5-6,11-14H2,1-4H3,(H2,25,27,28,30)/t15-/m0/s1. The molecular weight excluding hydrogens is 394 g/mol. The number of pyridine rings is 1. The number of hydrogen-bond acceptors (Lipinski definition) is 5. The first-order valence-electron chi connectivity index (χ1n) is 10.9. The molecule has 1 atom stereocenters. The molecule has 0 spiro atoms. The quantitative estimate of drug-likeness (QED) is 0.687. The molecule has 0 unspecified atom stereocenters. The van der Waals surface area contributed by atoms with Crippen LogP contribution < -0.4 is 10.6 Å². The zero-order valence-electron chi connectivity index (χ0n) is 18.7. The third-order valence-corrected chi connectivity index (χ3v) is 6.40. The van der Waals surface area contributed by atoms with Crippen molar-refractivity contribution in [3.05, 3.63) is 41.1 Å². The van der Waals surface area contributed by atoms with Crippen LogP contribution in [0.5, 0.6) is 0 Å². The molecule has 0 saturated heterocycles. The van der Waals surface area contributed by atoms with Crippen LogP contribution in [0.3, 0.4) is 0 Å². The Morgan fingerprint density at radius 1 is 1.19 bits per heavy atom. The highest BCUT2D eigenvalue weighted by Crippen LogP contribution is 2.41. The second-order valence-corrected chi connectivity index (χ2v) is 8.69. The molecule has 3 rings (SSSR count). The van der Waals surface area contributed by atoms with E-state index < -0.39 is 24.5 Å². The van der Waals surface area contributed by atoms with Crippen LogP contribution in [0, 0.1) is 11.3 Å². The van der Waals surface area contributed by atoms with Gasteiger partial charge in [-0.2, -0.15) is 0 Å². The molecule has 1 aromatic carbocycles. The number of benzene rings is 1. The van der Waals surface area contributed by atoms with E-state index in [0.717, 1.165) is 47.8 Å². The molecule has 3 amide bonds. The van der Waals surface area contributed by atoms with Crippen molar-refractivity contribution in [3.63, 3.8) is 0 Å². The number of esters is 1. The fourth-order valence-corrected chi connectivity index (χ4v) is 4.15. The number of fused-ring (bicyclic) bond motifs is 2. The number of nitrogens with one attached hydrogen (secondary N) is 2. The van der Waals surface area contributed by atoms with Crippen LogP contribution in [0.4, 0.5) is 4.79 Å². The lowest BCUT2D eigenvalue weighted by Gasteiger charge is -2.37. The average Bonchev–Trinajstić information content (AvgIpc) is 2.75. The van der Waals surface area contributed by atoms with Gasteiger partial charge in [-0.1, -0.05) is 45.4 Å².